The van der Waals surface area contributed by atoms with Gasteiger partial charge in [-0.05, 0) is 55.5 Å². The van der Waals surface area contributed by atoms with Crippen molar-refractivity contribution >= 4 is 28.7 Å². The topological polar surface area (TPSA) is 117 Å². The zero-order valence-corrected chi connectivity index (χ0v) is 23.2. The van der Waals surface area contributed by atoms with Crippen molar-refractivity contribution in [2.24, 2.45) is 0 Å². The van der Waals surface area contributed by atoms with Crippen LogP contribution in [0.2, 0.25) is 0 Å². The molecule has 1 aliphatic heterocycles. The highest BCUT2D eigenvalue weighted by atomic mass is 19.1. The van der Waals surface area contributed by atoms with Gasteiger partial charge in [-0.3, -0.25) is 9.59 Å². The fraction of sp³-hybridized carbons (Fsp3) is 0.433. The van der Waals surface area contributed by atoms with Crippen molar-refractivity contribution in [3.63, 3.8) is 0 Å². The normalized spacial score (nSPS) is 17.0. The van der Waals surface area contributed by atoms with Crippen LogP contribution in [0.25, 0.3) is 11.0 Å². The number of likely N-dealkylation sites (tertiary alicyclic amines) is 1. The number of amides is 1. The Morgan fingerprint density at radius 2 is 1.93 bits per heavy atom. The highest BCUT2D eigenvalue weighted by molar-refractivity contribution is 5.92. The zero-order valence-electron chi connectivity index (χ0n) is 23.2. The van der Waals surface area contributed by atoms with E-state index in [4.69, 9.17) is 4.52 Å². The number of carbonyl (C=O) groups excluding carboxylic acids is 2. The van der Waals surface area contributed by atoms with Crippen molar-refractivity contribution in [2.75, 3.05) is 11.9 Å². The van der Waals surface area contributed by atoms with Crippen LogP contribution in [0.5, 0.6) is 0 Å². The lowest BCUT2D eigenvalue weighted by Crippen LogP contribution is -2.46. The summed E-state index contributed by atoms with van der Waals surface area (Å²) in [7, 11) is 0. The number of rotatable bonds is 11. The van der Waals surface area contributed by atoms with Gasteiger partial charge in [-0.25, -0.2) is 13.8 Å². The molecule has 9 nitrogen and oxygen atoms in total. The average Bonchev–Trinajstić information content (AvgIpc) is 3.61. The second-order valence-electron chi connectivity index (χ2n) is 10.7. The Kier molecular flexibility index (Phi) is 8.70. The number of aromatic nitrogens is 4. The summed E-state index contributed by atoms with van der Waals surface area (Å²) in [4.78, 5) is 40.8. The van der Waals surface area contributed by atoms with Crippen LogP contribution in [0.15, 0.2) is 47.0 Å². The quantitative estimate of drug-likeness (QED) is 0.246. The molecule has 0 spiro atoms. The fourth-order valence-corrected chi connectivity index (χ4v) is 5.40. The summed E-state index contributed by atoms with van der Waals surface area (Å²) in [5.41, 5.74) is 1.58. The molecule has 0 saturated carbocycles. The van der Waals surface area contributed by atoms with E-state index in [1.807, 2.05) is 11.8 Å². The maximum Gasteiger partial charge on any atom is 0.322 e. The number of benzene rings is 2. The molecule has 3 heterocycles. The van der Waals surface area contributed by atoms with Crippen molar-refractivity contribution in [3.8, 4) is 0 Å². The average molecular weight is 565 g/mol. The number of anilines is 1. The summed E-state index contributed by atoms with van der Waals surface area (Å²) in [6, 6.07) is 9.92. The van der Waals surface area contributed by atoms with Gasteiger partial charge in [0.25, 0.3) is 0 Å². The molecule has 1 saturated heterocycles. The number of ketones is 1. The van der Waals surface area contributed by atoms with E-state index in [1.165, 1.54) is 18.2 Å². The van der Waals surface area contributed by atoms with Crippen LogP contribution in [-0.2, 0) is 16.0 Å². The lowest BCUT2D eigenvalue weighted by Gasteiger charge is -2.36. The molecule has 5 rings (SSSR count). The first-order chi connectivity index (χ1) is 19.8. The van der Waals surface area contributed by atoms with Gasteiger partial charge in [0.1, 0.15) is 17.2 Å². The van der Waals surface area contributed by atoms with Gasteiger partial charge in [-0.1, -0.05) is 37.2 Å². The number of piperidine rings is 1. The zero-order chi connectivity index (χ0) is 28.9. The molecule has 1 aliphatic rings. The Morgan fingerprint density at radius 3 is 2.68 bits per heavy atom. The van der Waals surface area contributed by atoms with Crippen molar-refractivity contribution in [2.45, 2.75) is 76.8 Å². The molecule has 41 heavy (non-hydrogen) atoms. The summed E-state index contributed by atoms with van der Waals surface area (Å²) in [6.45, 7) is 4.56. The number of fused-ring (bicyclic) bond motifs is 1. The number of nitrogens with one attached hydrogen (secondary N) is 2. The molecule has 3 atom stereocenters. The molecule has 0 unspecified atom stereocenters. The Labute approximate surface area is 236 Å². The smallest absolute Gasteiger partial charge is 0.322 e. The van der Waals surface area contributed by atoms with E-state index in [9.17, 15) is 18.4 Å². The molecule has 2 N–H and O–H groups in total. The summed E-state index contributed by atoms with van der Waals surface area (Å²) in [5, 5.41) is 6.98. The second-order valence-corrected chi connectivity index (χ2v) is 10.7. The van der Waals surface area contributed by atoms with E-state index in [0.717, 1.165) is 31.2 Å². The third-order valence-corrected chi connectivity index (χ3v) is 7.68. The lowest BCUT2D eigenvalue weighted by molar-refractivity contribution is -0.137. The van der Waals surface area contributed by atoms with Crippen molar-refractivity contribution in [3.05, 3.63) is 71.3 Å². The first kappa shape index (κ1) is 28.4. The molecule has 11 heteroatoms. The molecule has 0 radical (unpaired) electrons. The SMILES string of the molecule is CC[C@H]1CCCCN1C(=O)C[C@H](Nc1nc(Cc2ccc(F)cc2)no1)C(=O)C[C@@H](C)c1nc2c(F)cccc2[nH]1. The Balaban J connectivity index is 1.32. The number of Topliss-reactive ketones (excluding diaryl/α,β-unsaturated/α-hetero) is 1. The van der Waals surface area contributed by atoms with Gasteiger partial charge in [0.05, 0.1) is 18.0 Å². The van der Waals surface area contributed by atoms with Crippen LogP contribution in [-0.4, -0.2) is 55.3 Å². The molecule has 1 fully saturated rings. The number of nitrogens with zero attached hydrogens (tertiary/aromatic N) is 4. The number of para-hydroxylation sites is 1. The van der Waals surface area contributed by atoms with Crippen LogP contribution in [0.3, 0.4) is 0 Å². The van der Waals surface area contributed by atoms with E-state index in [1.54, 1.807) is 24.3 Å². The summed E-state index contributed by atoms with van der Waals surface area (Å²) < 4.78 is 32.8. The van der Waals surface area contributed by atoms with E-state index in [0.29, 0.717) is 30.1 Å². The number of hydrogen-bond acceptors (Lipinski definition) is 7. The predicted octanol–water partition coefficient (Wildman–Crippen LogP) is 5.54. The van der Waals surface area contributed by atoms with Crippen LogP contribution in [0, 0.1) is 11.6 Å². The number of H-pyrrole nitrogens is 1. The summed E-state index contributed by atoms with van der Waals surface area (Å²) >= 11 is 0. The number of aromatic amines is 1. The maximum atomic E-state index is 14.2. The number of carbonyl (C=O) groups is 2. The third kappa shape index (κ3) is 6.78. The first-order valence-corrected chi connectivity index (χ1v) is 14.1. The van der Waals surface area contributed by atoms with E-state index < -0.39 is 11.9 Å². The minimum atomic E-state index is -0.912. The number of imidazole rings is 1. The van der Waals surface area contributed by atoms with Crippen LogP contribution < -0.4 is 5.32 Å². The Bertz CT molecular complexity index is 1500. The van der Waals surface area contributed by atoms with Gasteiger partial charge in [0.15, 0.2) is 17.4 Å². The molecule has 1 amide bonds. The van der Waals surface area contributed by atoms with Crippen molar-refractivity contribution < 1.29 is 22.9 Å². The molecule has 2 aromatic carbocycles. The molecule has 0 aliphatic carbocycles. The molecule has 2 aromatic heterocycles. The van der Waals surface area contributed by atoms with Crippen molar-refractivity contribution in [1.29, 1.82) is 0 Å². The summed E-state index contributed by atoms with van der Waals surface area (Å²) in [5.74, 6) is -0.614. The Hall–Kier alpha value is -4.15. The number of halogens is 2. The molecular weight excluding hydrogens is 530 g/mol. The van der Waals surface area contributed by atoms with E-state index in [2.05, 4.69) is 32.3 Å². The number of hydrogen-bond donors (Lipinski definition) is 2. The van der Waals surface area contributed by atoms with Gasteiger partial charge in [-0.2, -0.15) is 4.98 Å². The fourth-order valence-electron chi connectivity index (χ4n) is 5.40. The first-order valence-electron chi connectivity index (χ1n) is 14.1. The molecule has 216 valence electrons. The Morgan fingerprint density at radius 1 is 1.12 bits per heavy atom. The van der Waals surface area contributed by atoms with E-state index in [-0.39, 0.29) is 53.8 Å². The van der Waals surface area contributed by atoms with Crippen LogP contribution in [0.1, 0.15) is 75.5 Å². The lowest BCUT2D eigenvalue weighted by atomic mass is 9.95. The second kappa shape index (κ2) is 12.6. The molecule has 4 aromatic rings. The third-order valence-electron chi connectivity index (χ3n) is 7.68. The molecule has 0 bridgehead atoms. The van der Waals surface area contributed by atoms with Crippen molar-refractivity contribution in [1.82, 2.24) is 25.0 Å². The monoisotopic (exact) mass is 564 g/mol. The largest absolute Gasteiger partial charge is 0.342 e. The minimum absolute atomic E-state index is 0.0254. The minimum Gasteiger partial charge on any atom is -0.342 e. The highest BCUT2D eigenvalue weighted by Gasteiger charge is 2.31. The van der Waals surface area contributed by atoms with Gasteiger partial charge < -0.3 is 19.7 Å². The summed E-state index contributed by atoms with van der Waals surface area (Å²) in [6.07, 6.45) is 4.13. The van der Waals surface area contributed by atoms with Gasteiger partial charge in [0.2, 0.25) is 5.91 Å². The van der Waals surface area contributed by atoms with Gasteiger partial charge in [0, 0.05) is 31.3 Å². The van der Waals surface area contributed by atoms with Gasteiger partial charge in [-0.15, -0.1) is 0 Å². The standard InChI is InChI=1S/C30H34F2N6O3/c1-3-21-7-4-5-14-38(21)27(40)17-24(34-30-35-26(37-41-30)16-19-10-12-20(31)13-11-19)25(39)15-18(2)29-33-23-9-6-8-22(32)28(23)36-29/h6,8-13,18,21,24H,3-5,7,14-17H2,1-2H3,(H,33,36)(H,34,35,37)/t18-,21+,24+/m1/s1. The van der Waals surface area contributed by atoms with E-state index >= 15 is 0 Å². The van der Waals surface area contributed by atoms with Crippen LogP contribution >= 0.6 is 0 Å². The predicted molar refractivity (Wildman–Crippen MR) is 149 cm³/mol. The molecular formula is C30H34F2N6O3. The highest BCUT2D eigenvalue weighted by Crippen LogP contribution is 2.25. The van der Waals surface area contributed by atoms with Gasteiger partial charge >= 0.3 is 6.01 Å². The maximum absolute atomic E-state index is 14.2. The van der Waals surface area contributed by atoms with Crippen LogP contribution in [0.4, 0.5) is 14.8 Å².